The lowest BCUT2D eigenvalue weighted by atomic mass is 9.96. The third-order valence-electron chi connectivity index (χ3n) is 4.90. The molecule has 0 aromatic heterocycles. The summed E-state index contributed by atoms with van der Waals surface area (Å²) >= 11 is 6.03. The average Bonchev–Trinajstić information content (AvgIpc) is 3.17. The number of ether oxygens (including phenoxy) is 3. The molecule has 2 fully saturated rings. The maximum Gasteiger partial charge on any atom is 0.255 e. The monoisotopic (exact) mass is 368 g/mol. The highest BCUT2D eigenvalue weighted by Gasteiger charge is 2.32. The molecule has 2 saturated heterocycles. The molecule has 25 heavy (non-hydrogen) atoms. The van der Waals surface area contributed by atoms with Crippen molar-refractivity contribution in [2.75, 3.05) is 53.2 Å². The zero-order valence-corrected chi connectivity index (χ0v) is 15.3. The standard InChI is InChI=1S/C18H25ClN2O4/c1-23-17-3-2-14(19)10-15(17)18(22)20-11-16(13-4-7-25-12-13)21-5-8-24-9-6-21/h2-3,10,13,16H,4-9,11-12H2,1H3,(H,20,22)/t13-,16-/m0/s1. The fourth-order valence-electron chi connectivity index (χ4n) is 3.51. The van der Waals surface area contributed by atoms with E-state index >= 15 is 0 Å². The molecule has 7 heteroatoms. The lowest BCUT2D eigenvalue weighted by Crippen LogP contribution is -2.52. The fourth-order valence-corrected chi connectivity index (χ4v) is 3.68. The van der Waals surface area contributed by atoms with Crippen LogP contribution in [0.15, 0.2) is 18.2 Å². The number of hydrogen-bond acceptors (Lipinski definition) is 5. The predicted molar refractivity (Wildman–Crippen MR) is 95.4 cm³/mol. The van der Waals surface area contributed by atoms with Gasteiger partial charge in [0.2, 0.25) is 0 Å². The molecule has 2 heterocycles. The summed E-state index contributed by atoms with van der Waals surface area (Å²) in [5.41, 5.74) is 0.457. The number of nitrogens with one attached hydrogen (secondary N) is 1. The van der Waals surface area contributed by atoms with E-state index in [1.54, 1.807) is 25.3 Å². The molecule has 1 aromatic rings. The summed E-state index contributed by atoms with van der Waals surface area (Å²) < 4.78 is 16.3. The summed E-state index contributed by atoms with van der Waals surface area (Å²) in [6, 6.07) is 5.31. The van der Waals surface area contributed by atoms with Gasteiger partial charge in [-0.2, -0.15) is 0 Å². The molecule has 1 aromatic carbocycles. The second kappa shape index (κ2) is 8.85. The summed E-state index contributed by atoms with van der Waals surface area (Å²) in [6.07, 6.45) is 1.03. The van der Waals surface area contributed by atoms with Gasteiger partial charge in [-0.25, -0.2) is 0 Å². The molecule has 0 unspecified atom stereocenters. The van der Waals surface area contributed by atoms with Gasteiger partial charge in [-0.15, -0.1) is 0 Å². The molecular formula is C18H25ClN2O4. The molecule has 0 aliphatic carbocycles. The minimum absolute atomic E-state index is 0.170. The smallest absolute Gasteiger partial charge is 0.255 e. The lowest BCUT2D eigenvalue weighted by Gasteiger charge is -2.37. The third kappa shape index (κ3) is 4.64. The van der Waals surface area contributed by atoms with Crippen LogP contribution in [0.25, 0.3) is 0 Å². The number of carbonyl (C=O) groups excluding carboxylic acids is 1. The molecule has 3 rings (SSSR count). The highest BCUT2D eigenvalue weighted by molar-refractivity contribution is 6.31. The van der Waals surface area contributed by atoms with E-state index in [0.717, 1.165) is 45.9 Å². The molecule has 0 spiro atoms. The van der Waals surface area contributed by atoms with Crippen molar-refractivity contribution in [3.63, 3.8) is 0 Å². The zero-order chi connectivity index (χ0) is 17.6. The Kier molecular flexibility index (Phi) is 6.53. The van der Waals surface area contributed by atoms with Crippen LogP contribution in [0.1, 0.15) is 16.8 Å². The molecular weight excluding hydrogens is 344 g/mol. The number of halogens is 1. The van der Waals surface area contributed by atoms with Crippen molar-refractivity contribution in [2.24, 2.45) is 5.92 Å². The Morgan fingerprint density at radius 2 is 2.16 bits per heavy atom. The van der Waals surface area contributed by atoms with E-state index in [2.05, 4.69) is 10.2 Å². The summed E-state index contributed by atoms with van der Waals surface area (Å²) in [4.78, 5) is 15.1. The van der Waals surface area contributed by atoms with E-state index in [9.17, 15) is 4.79 Å². The minimum atomic E-state index is -0.170. The van der Waals surface area contributed by atoms with Crippen molar-refractivity contribution in [1.29, 1.82) is 0 Å². The molecule has 6 nitrogen and oxygen atoms in total. The summed E-state index contributed by atoms with van der Waals surface area (Å²) in [7, 11) is 1.55. The van der Waals surface area contributed by atoms with E-state index in [-0.39, 0.29) is 11.9 Å². The normalized spacial score (nSPS) is 22.6. The Morgan fingerprint density at radius 3 is 2.84 bits per heavy atom. The summed E-state index contributed by atoms with van der Waals surface area (Å²) in [5.74, 6) is 0.783. The molecule has 2 atom stereocenters. The van der Waals surface area contributed by atoms with Crippen LogP contribution in [0, 0.1) is 5.92 Å². The van der Waals surface area contributed by atoms with Crippen LogP contribution < -0.4 is 10.1 Å². The van der Waals surface area contributed by atoms with Gasteiger partial charge in [0, 0.05) is 43.2 Å². The van der Waals surface area contributed by atoms with Crippen molar-refractivity contribution in [3.05, 3.63) is 28.8 Å². The van der Waals surface area contributed by atoms with Crippen LogP contribution in [0.5, 0.6) is 5.75 Å². The van der Waals surface area contributed by atoms with Crippen LogP contribution >= 0.6 is 11.6 Å². The Hall–Kier alpha value is -1.34. The highest BCUT2D eigenvalue weighted by Crippen LogP contribution is 2.24. The topological polar surface area (TPSA) is 60.0 Å². The SMILES string of the molecule is COc1ccc(Cl)cc1C(=O)NC[C@@H]([C@H]1CCOC1)N1CCOCC1. The second-order valence-corrected chi connectivity index (χ2v) is 6.83. The Labute approximate surface area is 153 Å². The second-order valence-electron chi connectivity index (χ2n) is 6.39. The first-order valence-corrected chi connectivity index (χ1v) is 9.08. The first kappa shape index (κ1) is 18.5. The molecule has 138 valence electrons. The van der Waals surface area contributed by atoms with Crippen LogP contribution in [-0.2, 0) is 9.47 Å². The third-order valence-corrected chi connectivity index (χ3v) is 5.14. The van der Waals surface area contributed by atoms with Crippen molar-refractivity contribution in [3.8, 4) is 5.75 Å². The van der Waals surface area contributed by atoms with Crippen molar-refractivity contribution in [1.82, 2.24) is 10.2 Å². The van der Waals surface area contributed by atoms with Gasteiger partial charge in [-0.3, -0.25) is 9.69 Å². The van der Waals surface area contributed by atoms with Gasteiger partial charge in [-0.05, 0) is 24.6 Å². The number of hydrogen-bond donors (Lipinski definition) is 1. The van der Waals surface area contributed by atoms with Gasteiger partial charge < -0.3 is 19.5 Å². The molecule has 1 N–H and O–H groups in total. The van der Waals surface area contributed by atoms with Gasteiger partial charge in [0.1, 0.15) is 5.75 Å². The number of morpholine rings is 1. The number of amides is 1. The highest BCUT2D eigenvalue weighted by atomic mass is 35.5. The Morgan fingerprint density at radius 1 is 1.36 bits per heavy atom. The van der Waals surface area contributed by atoms with Crippen LogP contribution in [0.2, 0.25) is 5.02 Å². The number of rotatable bonds is 6. The van der Waals surface area contributed by atoms with E-state index in [1.807, 2.05) is 0 Å². The van der Waals surface area contributed by atoms with Crippen LogP contribution in [-0.4, -0.2) is 70.0 Å². The molecule has 2 aliphatic rings. The van der Waals surface area contributed by atoms with E-state index < -0.39 is 0 Å². The van der Waals surface area contributed by atoms with E-state index in [1.165, 1.54) is 0 Å². The first-order valence-electron chi connectivity index (χ1n) is 8.70. The van der Waals surface area contributed by atoms with Crippen molar-refractivity contribution >= 4 is 17.5 Å². The minimum Gasteiger partial charge on any atom is -0.496 e. The number of methoxy groups -OCH3 is 1. The molecule has 1 amide bonds. The Bertz CT molecular complexity index is 586. The van der Waals surface area contributed by atoms with Gasteiger partial charge >= 0.3 is 0 Å². The van der Waals surface area contributed by atoms with Crippen LogP contribution in [0.3, 0.4) is 0 Å². The Balaban J connectivity index is 1.67. The molecule has 0 saturated carbocycles. The quantitative estimate of drug-likeness (QED) is 0.830. The number of carbonyl (C=O) groups is 1. The summed E-state index contributed by atoms with van der Waals surface area (Å²) in [6.45, 7) is 5.36. The molecule has 0 radical (unpaired) electrons. The van der Waals surface area contributed by atoms with Crippen molar-refractivity contribution in [2.45, 2.75) is 12.5 Å². The van der Waals surface area contributed by atoms with Gasteiger partial charge in [0.25, 0.3) is 5.91 Å². The maximum absolute atomic E-state index is 12.7. The fraction of sp³-hybridized carbons (Fsp3) is 0.611. The largest absolute Gasteiger partial charge is 0.496 e. The van der Waals surface area contributed by atoms with E-state index in [0.29, 0.717) is 28.8 Å². The first-order chi connectivity index (χ1) is 12.2. The van der Waals surface area contributed by atoms with Gasteiger partial charge in [0.15, 0.2) is 0 Å². The molecule has 2 aliphatic heterocycles. The van der Waals surface area contributed by atoms with Crippen LogP contribution in [0.4, 0.5) is 0 Å². The number of benzene rings is 1. The van der Waals surface area contributed by atoms with Gasteiger partial charge in [0.05, 0.1) is 32.5 Å². The lowest BCUT2D eigenvalue weighted by molar-refractivity contribution is 0.00166. The van der Waals surface area contributed by atoms with E-state index in [4.69, 9.17) is 25.8 Å². The average molecular weight is 369 g/mol. The zero-order valence-electron chi connectivity index (χ0n) is 14.5. The van der Waals surface area contributed by atoms with Gasteiger partial charge in [-0.1, -0.05) is 11.6 Å². The number of nitrogens with zero attached hydrogens (tertiary/aromatic N) is 1. The predicted octanol–water partition coefficient (Wildman–Crippen LogP) is 1.82. The molecule has 0 bridgehead atoms. The maximum atomic E-state index is 12.7. The summed E-state index contributed by atoms with van der Waals surface area (Å²) in [5, 5.41) is 3.57. The van der Waals surface area contributed by atoms with Crippen molar-refractivity contribution < 1.29 is 19.0 Å².